The second-order valence-electron chi connectivity index (χ2n) is 7.21. The van der Waals surface area contributed by atoms with E-state index in [1.165, 1.54) is 0 Å². The Morgan fingerprint density at radius 2 is 1.53 bits per heavy atom. The number of carbonyl (C=O) groups is 2. The topological polar surface area (TPSA) is 73.2 Å². The highest BCUT2D eigenvalue weighted by atomic mass is 16.2. The van der Waals surface area contributed by atoms with Crippen LogP contribution in [0.2, 0.25) is 0 Å². The van der Waals surface area contributed by atoms with Crippen molar-refractivity contribution >= 4 is 28.8 Å². The summed E-state index contributed by atoms with van der Waals surface area (Å²) >= 11 is 0. The Bertz CT molecular complexity index is 1220. The minimum absolute atomic E-state index is 0.235. The number of rotatable bonds is 4. The van der Waals surface area contributed by atoms with E-state index in [0.29, 0.717) is 22.4 Å². The van der Waals surface area contributed by atoms with Gasteiger partial charge in [0.1, 0.15) is 5.70 Å². The fourth-order valence-corrected chi connectivity index (χ4v) is 3.42. The molecule has 1 aliphatic heterocycles. The molecule has 0 spiro atoms. The van der Waals surface area contributed by atoms with Gasteiger partial charge in [0, 0.05) is 5.69 Å². The summed E-state index contributed by atoms with van der Waals surface area (Å²) in [6.45, 7) is 3.93. The molecule has 0 unspecified atom stereocenters. The van der Waals surface area contributed by atoms with Gasteiger partial charge in [0.15, 0.2) is 0 Å². The Balaban J connectivity index is 1.81. The minimum Gasteiger partial charge on any atom is -0.350 e. The summed E-state index contributed by atoms with van der Waals surface area (Å²) in [5.74, 6) is -0.828. The van der Waals surface area contributed by atoms with Crippen molar-refractivity contribution in [2.75, 3.05) is 10.2 Å². The van der Waals surface area contributed by atoms with E-state index in [-0.39, 0.29) is 5.70 Å². The van der Waals surface area contributed by atoms with E-state index in [9.17, 15) is 9.59 Å². The average molecular weight is 393 g/mol. The smallest absolute Gasteiger partial charge is 0.282 e. The predicted molar refractivity (Wildman–Crippen MR) is 117 cm³/mol. The number of nitriles is 1. The lowest BCUT2D eigenvalue weighted by atomic mass is 10.0. The zero-order chi connectivity index (χ0) is 21.3. The van der Waals surface area contributed by atoms with E-state index in [0.717, 1.165) is 21.7 Å². The van der Waals surface area contributed by atoms with Crippen LogP contribution in [0.15, 0.2) is 78.5 Å². The van der Waals surface area contributed by atoms with Gasteiger partial charge in [-0.2, -0.15) is 5.26 Å². The van der Waals surface area contributed by atoms with Crippen molar-refractivity contribution in [3.05, 3.63) is 101 Å². The molecule has 0 atom stereocenters. The second-order valence-corrected chi connectivity index (χ2v) is 7.21. The first-order chi connectivity index (χ1) is 14.5. The van der Waals surface area contributed by atoms with Crippen molar-refractivity contribution in [2.24, 2.45) is 0 Å². The molecule has 2 amide bonds. The van der Waals surface area contributed by atoms with Crippen LogP contribution in [0, 0.1) is 25.2 Å². The van der Waals surface area contributed by atoms with Crippen molar-refractivity contribution < 1.29 is 9.59 Å². The largest absolute Gasteiger partial charge is 0.350 e. The van der Waals surface area contributed by atoms with Gasteiger partial charge < -0.3 is 5.32 Å². The number of nitrogens with one attached hydrogen (secondary N) is 1. The molecule has 1 N–H and O–H groups in total. The van der Waals surface area contributed by atoms with E-state index in [2.05, 4.69) is 5.32 Å². The lowest BCUT2D eigenvalue weighted by Crippen LogP contribution is -2.32. The predicted octanol–water partition coefficient (Wildman–Crippen LogP) is 4.57. The Labute approximate surface area is 174 Å². The maximum atomic E-state index is 13.4. The van der Waals surface area contributed by atoms with E-state index in [4.69, 9.17) is 5.26 Å². The number of amides is 2. The standard InChI is InChI=1S/C25H19N3O2/c1-16-6-10-19(11-7-16)22-23(27-20-5-3-4-17(2)14-20)25(30)28(24(22)29)21-12-8-18(15-26)9-13-21/h3-14,27H,1-2H3. The number of benzene rings is 3. The van der Waals surface area contributed by atoms with Gasteiger partial charge >= 0.3 is 0 Å². The zero-order valence-corrected chi connectivity index (χ0v) is 16.6. The van der Waals surface area contributed by atoms with Gasteiger partial charge in [-0.1, -0.05) is 42.0 Å². The molecular formula is C25H19N3O2. The molecule has 5 heteroatoms. The number of nitrogens with zero attached hydrogens (tertiary/aromatic N) is 2. The van der Waals surface area contributed by atoms with Crippen LogP contribution >= 0.6 is 0 Å². The molecule has 1 heterocycles. The van der Waals surface area contributed by atoms with Crippen molar-refractivity contribution in [3.63, 3.8) is 0 Å². The Hall–Kier alpha value is -4.17. The Morgan fingerprint density at radius 1 is 0.833 bits per heavy atom. The van der Waals surface area contributed by atoms with Gasteiger partial charge in [0.2, 0.25) is 0 Å². The molecule has 1 aliphatic rings. The summed E-state index contributed by atoms with van der Waals surface area (Å²) in [6.07, 6.45) is 0. The van der Waals surface area contributed by atoms with Gasteiger partial charge in [0.05, 0.1) is 22.9 Å². The maximum Gasteiger partial charge on any atom is 0.282 e. The molecule has 3 aromatic carbocycles. The SMILES string of the molecule is Cc1ccc(C2=C(Nc3cccc(C)c3)C(=O)N(c3ccc(C#N)cc3)C2=O)cc1. The molecule has 4 rings (SSSR count). The molecule has 0 fully saturated rings. The first-order valence-electron chi connectivity index (χ1n) is 9.52. The molecule has 3 aromatic rings. The molecule has 0 aromatic heterocycles. The molecule has 5 nitrogen and oxygen atoms in total. The molecular weight excluding hydrogens is 374 g/mol. The molecule has 146 valence electrons. The quantitative estimate of drug-likeness (QED) is 0.659. The molecule has 0 aliphatic carbocycles. The third-order valence-electron chi connectivity index (χ3n) is 4.97. The number of hydrogen-bond acceptors (Lipinski definition) is 4. The highest BCUT2D eigenvalue weighted by molar-refractivity contribution is 6.46. The third-order valence-corrected chi connectivity index (χ3v) is 4.97. The van der Waals surface area contributed by atoms with Crippen LogP contribution in [0.3, 0.4) is 0 Å². The van der Waals surface area contributed by atoms with Crippen molar-refractivity contribution in [1.82, 2.24) is 0 Å². The zero-order valence-electron chi connectivity index (χ0n) is 16.6. The van der Waals surface area contributed by atoms with Gasteiger partial charge in [-0.05, 0) is 61.4 Å². The Kier molecular flexibility index (Phi) is 4.91. The number of carbonyl (C=O) groups excluding carboxylic acids is 2. The molecule has 0 bridgehead atoms. The maximum absolute atomic E-state index is 13.4. The van der Waals surface area contributed by atoms with Crippen molar-refractivity contribution in [1.29, 1.82) is 5.26 Å². The number of anilines is 2. The fraction of sp³-hybridized carbons (Fsp3) is 0.0800. The summed E-state index contributed by atoms with van der Waals surface area (Å²) in [5, 5.41) is 12.2. The number of aryl methyl sites for hydroxylation is 2. The van der Waals surface area contributed by atoms with E-state index in [1.807, 2.05) is 68.4 Å². The third kappa shape index (κ3) is 3.47. The highest BCUT2D eigenvalue weighted by Gasteiger charge is 2.40. The molecule has 30 heavy (non-hydrogen) atoms. The summed E-state index contributed by atoms with van der Waals surface area (Å²) in [6, 6.07) is 23.6. The van der Waals surface area contributed by atoms with E-state index in [1.54, 1.807) is 24.3 Å². The number of imide groups is 1. The Morgan fingerprint density at radius 3 is 2.17 bits per heavy atom. The number of hydrogen-bond donors (Lipinski definition) is 1. The van der Waals surface area contributed by atoms with Crippen LogP contribution in [0.1, 0.15) is 22.3 Å². The lowest BCUT2D eigenvalue weighted by molar-refractivity contribution is -0.120. The van der Waals surface area contributed by atoms with E-state index < -0.39 is 11.8 Å². The minimum atomic E-state index is -0.429. The fourth-order valence-electron chi connectivity index (χ4n) is 3.42. The van der Waals surface area contributed by atoms with Crippen LogP contribution < -0.4 is 10.2 Å². The van der Waals surface area contributed by atoms with Crippen LogP contribution in [-0.2, 0) is 9.59 Å². The highest BCUT2D eigenvalue weighted by Crippen LogP contribution is 2.34. The molecule has 0 saturated carbocycles. The summed E-state index contributed by atoms with van der Waals surface area (Å²) < 4.78 is 0. The van der Waals surface area contributed by atoms with Gasteiger partial charge in [-0.15, -0.1) is 0 Å². The average Bonchev–Trinajstić information content (AvgIpc) is 2.98. The summed E-state index contributed by atoms with van der Waals surface area (Å²) in [5.41, 5.74) is 4.95. The monoisotopic (exact) mass is 393 g/mol. The summed E-state index contributed by atoms with van der Waals surface area (Å²) in [7, 11) is 0. The van der Waals surface area contributed by atoms with E-state index >= 15 is 0 Å². The molecule has 0 radical (unpaired) electrons. The lowest BCUT2D eigenvalue weighted by Gasteiger charge is -2.15. The van der Waals surface area contributed by atoms with Crippen LogP contribution in [0.25, 0.3) is 5.57 Å². The first-order valence-corrected chi connectivity index (χ1v) is 9.52. The first kappa shape index (κ1) is 19.2. The summed E-state index contributed by atoms with van der Waals surface area (Å²) in [4.78, 5) is 27.8. The van der Waals surface area contributed by atoms with Crippen LogP contribution in [-0.4, -0.2) is 11.8 Å². The van der Waals surface area contributed by atoms with Crippen LogP contribution in [0.4, 0.5) is 11.4 Å². The van der Waals surface area contributed by atoms with Crippen molar-refractivity contribution in [2.45, 2.75) is 13.8 Å². The van der Waals surface area contributed by atoms with Crippen molar-refractivity contribution in [3.8, 4) is 6.07 Å². The van der Waals surface area contributed by atoms with Gasteiger partial charge in [0.25, 0.3) is 11.8 Å². The van der Waals surface area contributed by atoms with Crippen LogP contribution in [0.5, 0.6) is 0 Å². The van der Waals surface area contributed by atoms with Gasteiger partial charge in [-0.3, -0.25) is 9.59 Å². The second kappa shape index (κ2) is 7.69. The van der Waals surface area contributed by atoms with Gasteiger partial charge in [-0.25, -0.2) is 4.90 Å². The normalized spacial score (nSPS) is 13.6. The molecule has 0 saturated heterocycles.